The summed E-state index contributed by atoms with van der Waals surface area (Å²) in [6.45, 7) is 13.8. The summed E-state index contributed by atoms with van der Waals surface area (Å²) in [7, 11) is 0. The van der Waals surface area contributed by atoms with Crippen molar-refractivity contribution >= 4 is 11.8 Å². The molecule has 1 aromatic heterocycles. The van der Waals surface area contributed by atoms with Gasteiger partial charge in [-0.05, 0) is 38.0 Å². The summed E-state index contributed by atoms with van der Waals surface area (Å²) < 4.78 is 5.52. The first kappa shape index (κ1) is 21.6. The van der Waals surface area contributed by atoms with Gasteiger partial charge in [-0.25, -0.2) is 4.79 Å². The van der Waals surface area contributed by atoms with Crippen LogP contribution in [0.3, 0.4) is 0 Å². The number of rotatable bonds is 3. The van der Waals surface area contributed by atoms with Crippen molar-refractivity contribution in [2.45, 2.75) is 52.3 Å². The van der Waals surface area contributed by atoms with Crippen LogP contribution in [0.2, 0.25) is 0 Å². The zero-order valence-corrected chi connectivity index (χ0v) is 19.2. The number of fused-ring (bicyclic) bond motifs is 1. The number of anilines is 1. The van der Waals surface area contributed by atoms with Crippen LogP contribution in [0.5, 0.6) is 0 Å². The lowest BCUT2D eigenvalue weighted by Gasteiger charge is -2.37. The van der Waals surface area contributed by atoms with Crippen molar-refractivity contribution in [3.05, 3.63) is 59.4 Å². The average molecular weight is 423 g/mol. The van der Waals surface area contributed by atoms with Gasteiger partial charge in [0.15, 0.2) is 0 Å². The molecule has 1 amide bonds. The van der Waals surface area contributed by atoms with Gasteiger partial charge in [0.2, 0.25) is 0 Å². The Morgan fingerprint density at radius 2 is 1.84 bits per heavy atom. The van der Waals surface area contributed by atoms with Crippen molar-refractivity contribution in [2.75, 3.05) is 37.6 Å². The maximum absolute atomic E-state index is 12.3. The summed E-state index contributed by atoms with van der Waals surface area (Å²) in [5, 5.41) is 0. The first-order chi connectivity index (χ1) is 14.8. The number of hydrogen-bond acceptors (Lipinski definition) is 5. The summed E-state index contributed by atoms with van der Waals surface area (Å²) in [4.78, 5) is 23.8. The van der Waals surface area contributed by atoms with Gasteiger partial charge >= 0.3 is 6.09 Å². The van der Waals surface area contributed by atoms with Gasteiger partial charge in [-0.1, -0.05) is 37.3 Å². The minimum Gasteiger partial charge on any atom is -0.444 e. The number of nitrogens with zero attached hydrogens (tertiary/aromatic N) is 4. The first-order valence-electron chi connectivity index (χ1n) is 11.3. The maximum Gasteiger partial charge on any atom is 0.410 e. The van der Waals surface area contributed by atoms with E-state index in [1.54, 1.807) is 4.90 Å². The molecule has 6 nitrogen and oxygen atoms in total. The van der Waals surface area contributed by atoms with Crippen LogP contribution in [-0.2, 0) is 17.8 Å². The van der Waals surface area contributed by atoms with Crippen LogP contribution in [-0.4, -0.2) is 59.2 Å². The van der Waals surface area contributed by atoms with E-state index >= 15 is 0 Å². The fraction of sp³-hybridized carbons (Fsp3) is 0.520. The number of benzene rings is 1. The highest BCUT2D eigenvalue weighted by atomic mass is 16.6. The minimum atomic E-state index is -0.459. The second-order valence-electron chi connectivity index (χ2n) is 9.75. The SMILES string of the molecule is CC1CN(Cc2ccccc2)Cc2cc(N3CCN(C(=O)OC(C)(C)C)CC3)cnc21. The summed E-state index contributed by atoms with van der Waals surface area (Å²) in [5.41, 5.74) is 4.58. The van der Waals surface area contributed by atoms with Gasteiger partial charge in [0.05, 0.1) is 11.9 Å². The molecule has 1 saturated heterocycles. The Morgan fingerprint density at radius 1 is 1.13 bits per heavy atom. The van der Waals surface area contributed by atoms with E-state index in [0.717, 1.165) is 38.4 Å². The molecule has 31 heavy (non-hydrogen) atoms. The van der Waals surface area contributed by atoms with Crippen LogP contribution < -0.4 is 4.90 Å². The van der Waals surface area contributed by atoms with E-state index < -0.39 is 5.60 Å². The highest BCUT2D eigenvalue weighted by molar-refractivity contribution is 5.68. The van der Waals surface area contributed by atoms with E-state index in [4.69, 9.17) is 9.72 Å². The van der Waals surface area contributed by atoms with Crippen LogP contribution in [0.15, 0.2) is 42.6 Å². The molecule has 0 bridgehead atoms. The molecule has 2 aliphatic heterocycles. The van der Waals surface area contributed by atoms with Crippen molar-refractivity contribution in [1.29, 1.82) is 0 Å². The molecule has 0 aliphatic carbocycles. The fourth-order valence-corrected chi connectivity index (χ4v) is 4.47. The quantitative estimate of drug-likeness (QED) is 0.740. The van der Waals surface area contributed by atoms with E-state index in [1.807, 2.05) is 27.0 Å². The van der Waals surface area contributed by atoms with Gasteiger partial charge in [-0.3, -0.25) is 9.88 Å². The Morgan fingerprint density at radius 3 is 2.52 bits per heavy atom. The second-order valence-corrected chi connectivity index (χ2v) is 9.75. The minimum absolute atomic E-state index is 0.221. The Balaban J connectivity index is 1.40. The molecule has 0 N–H and O–H groups in total. The standard InChI is InChI=1S/C25H34N4O2/c1-19-16-27(17-20-8-6-5-7-9-20)18-21-14-22(15-26-23(19)21)28-10-12-29(13-11-28)24(30)31-25(2,3)4/h5-9,14-15,19H,10-13,16-18H2,1-4H3. The van der Waals surface area contributed by atoms with E-state index in [2.05, 4.69) is 53.1 Å². The third-order valence-corrected chi connectivity index (χ3v) is 5.93. The predicted molar refractivity (Wildman–Crippen MR) is 123 cm³/mol. The van der Waals surface area contributed by atoms with Gasteiger partial charge in [0, 0.05) is 57.4 Å². The van der Waals surface area contributed by atoms with Crippen LogP contribution in [0, 0.1) is 0 Å². The van der Waals surface area contributed by atoms with E-state index in [0.29, 0.717) is 19.0 Å². The summed E-state index contributed by atoms with van der Waals surface area (Å²) in [6.07, 6.45) is 1.78. The lowest BCUT2D eigenvalue weighted by atomic mass is 9.95. The molecule has 0 saturated carbocycles. The van der Waals surface area contributed by atoms with Crippen molar-refractivity contribution in [3.63, 3.8) is 0 Å². The molecule has 3 heterocycles. The normalized spacial score (nSPS) is 19.8. The van der Waals surface area contributed by atoms with Gasteiger partial charge < -0.3 is 14.5 Å². The molecule has 1 atom stereocenters. The molecule has 1 aromatic carbocycles. The second kappa shape index (κ2) is 8.87. The highest BCUT2D eigenvalue weighted by Gasteiger charge is 2.28. The molecular weight excluding hydrogens is 388 g/mol. The van der Waals surface area contributed by atoms with Crippen LogP contribution in [0.4, 0.5) is 10.5 Å². The number of pyridine rings is 1. The van der Waals surface area contributed by atoms with Crippen molar-refractivity contribution in [1.82, 2.24) is 14.8 Å². The fourth-order valence-electron chi connectivity index (χ4n) is 4.47. The molecule has 4 rings (SSSR count). The summed E-state index contributed by atoms with van der Waals surface area (Å²) in [6, 6.07) is 13.0. The van der Waals surface area contributed by atoms with Crippen LogP contribution >= 0.6 is 0 Å². The number of aromatic nitrogens is 1. The van der Waals surface area contributed by atoms with Gasteiger partial charge in [0.25, 0.3) is 0 Å². The van der Waals surface area contributed by atoms with Crippen molar-refractivity contribution in [3.8, 4) is 0 Å². The molecule has 0 spiro atoms. The number of carbonyl (C=O) groups is 1. The summed E-state index contributed by atoms with van der Waals surface area (Å²) >= 11 is 0. The number of amides is 1. The molecular formula is C25H34N4O2. The van der Waals surface area contributed by atoms with Gasteiger partial charge in [0.1, 0.15) is 5.60 Å². The van der Waals surface area contributed by atoms with E-state index in [-0.39, 0.29) is 6.09 Å². The van der Waals surface area contributed by atoms with Crippen molar-refractivity contribution in [2.24, 2.45) is 0 Å². The van der Waals surface area contributed by atoms with E-state index in [1.165, 1.54) is 16.8 Å². The van der Waals surface area contributed by atoms with Crippen LogP contribution in [0.1, 0.15) is 50.4 Å². The Bertz CT molecular complexity index is 901. The number of carbonyl (C=O) groups excluding carboxylic acids is 1. The monoisotopic (exact) mass is 422 g/mol. The third kappa shape index (κ3) is 5.37. The van der Waals surface area contributed by atoms with Crippen LogP contribution in [0.25, 0.3) is 0 Å². The van der Waals surface area contributed by atoms with Gasteiger partial charge in [-0.15, -0.1) is 0 Å². The maximum atomic E-state index is 12.3. The lowest BCUT2D eigenvalue weighted by molar-refractivity contribution is 0.0240. The Hall–Kier alpha value is -2.60. The van der Waals surface area contributed by atoms with E-state index in [9.17, 15) is 4.79 Å². The zero-order valence-electron chi connectivity index (χ0n) is 19.2. The Labute approximate surface area is 185 Å². The average Bonchev–Trinajstić information content (AvgIpc) is 2.73. The molecule has 0 radical (unpaired) electrons. The number of ether oxygens (including phenoxy) is 1. The topological polar surface area (TPSA) is 48.9 Å². The number of piperazine rings is 1. The molecule has 2 aromatic rings. The Kier molecular flexibility index (Phi) is 6.19. The number of hydrogen-bond donors (Lipinski definition) is 0. The smallest absolute Gasteiger partial charge is 0.410 e. The molecule has 166 valence electrons. The zero-order chi connectivity index (χ0) is 22.0. The molecule has 1 unspecified atom stereocenters. The van der Waals surface area contributed by atoms with Gasteiger partial charge in [-0.2, -0.15) is 0 Å². The molecule has 6 heteroatoms. The van der Waals surface area contributed by atoms with Crippen molar-refractivity contribution < 1.29 is 9.53 Å². The summed E-state index contributed by atoms with van der Waals surface area (Å²) in [5.74, 6) is 0.422. The first-order valence-corrected chi connectivity index (χ1v) is 11.3. The third-order valence-electron chi connectivity index (χ3n) is 5.93. The molecule has 2 aliphatic rings. The molecule has 1 fully saturated rings. The highest BCUT2D eigenvalue weighted by Crippen LogP contribution is 2.30. The lowest BCUT2D eigenvalue weighted by Crippen LogP contribution is -2.50. The largest absolute Gasteiger partial charge is 0.444 e. The predicted octanol–water partition coefficient (Wildman–Crippen LogP) is 4.26.